The van der Waals surface area contributed by atoms with E-state index in [-0.39, 0.29) is 35.9 Å². The van der Waals surface area contributed by atoms with Crippen LogP contribution in [0, 0.1) is 0 Å². The Balaban J connectivity index is 0.00000265. The van der Waals surface area contributed by atoms with Crippen molar-refractivity contribution in [3.05, 3.63) is 89.5 Å². The van der Waals surface area contributed by atoms with Crippen LogP contribution in [0.25, 0.3) is 22.2 Å². The zero-order chi connectivity index (χ0) is 35.5. The molecule has 8 heteroatoms. The third-order valence-electron chi connectivity index (χ3n) is 9.43. The number of fused-ring (bicyclic) bond motifs is 1. The van der Waals surface area contributed by atoms with Crippen molar-refractivity contribution in [2.45, 2.75) is 91.1 Å². The summed E-state index contributed by atoms with van der Waals surface area (Å²) in [5.41, 5.74) is 4.70. The van der Waals surface area contributed by atoms with Gasteiger partial charge in [0.1, 0.15) is 18.9 Å². The minimum absolute atomic E-state index is 0.00502. The van der Waals surface area contributed by atoms with Gasteiger partial charge in [-0.15, -0.1) is 0 Å². The van der Waals surface area contributed by atoms with Crippen LogP contribution in [0.5, 0.6) is 5.75 Å². The van der Waals surface area contributed by atoms with Crippen molar-refractivity contribution in [2.75, 3.05) is 27.2 Å². The van der Waals surface area contributed by atoms with Gasteiger partial charge in [-0.3, -0.25) is 9.59 Å². The predicted molar refractivity (Wildman–Crippen MR) is 198 cm³/mol. The summed E-state index contributed by atoms with van der Waals surface area (Å²) >= 11 is 0. The van der Waals surface area contributed by atoms with E-state index in [1.807, 2.05) is 84.0 Å². The van der Waals surface area contributed by atoms with Gasteiger partial charge in [-0.1, -0.05) is 71.2 Å². The van der Waals surface area contributed by atoms with Crippen molar-refractivity contribution < 1.29 is 24.2 Å². The summed E-state index contributed by atoms with van der Waals surface area (Å²) in [6.45, 7) is 9.63. The summed E-state index contributed by atoms with van der Waals surface area (Å²) in [6, 6.07) is 22.6. The van der Waals surface area contributed by atoms with E-state index in [0.29, 0.717) is 17.9 Å². The number of hydrogen-bond acceptors (Lipinski definition) is 4. The van der Waals surface area contributed by atoms with Crippen LogP contribution in [0.3, 0.4) is 0 Å². The molecule has 4 aromatic rings. The van der Waals surface area contributed by atoms with Crippen LogP contribution < -0.4 is 4.74 Å². The van der Waals surface area contributed by atoms with Crippen molar-refractivity contribution in [1.82, 2.24) is 14.4 Å². The minimum Gasteiger partial charge on any atom is -0.491 e. The van der Waals surface area contributed by atoms with Crippen LogP contribution in [0.4, 0.5) is 0 Å². The van der Waals surface area contributed by atoms with Crippen molar-refractivity contribution >= 4 is 28.7 Å². The van der Waals surface area contributed by atoms with Gasteiger partial charge in [0.05, 0.1) is 22.8 Å². The normalized spacial score (nSPS) is 14.7. The Labute approximate surface area is 291 Å². The number of amides is 2. The topological polar surface area (TPSA) is 92.1 Å². The molecule has 2 atom stereocenters. The first kappa shape index (κ1) is 37.2. The van der Waals surface area contributed by atoms with E-state index in [9.17, 15) is 19.5 Å². The van der Waals surface area contributed by atoms with Crippen LogP contribution in [0.1, 0.15) is 105 Å². The number of unbranched alkanes of at least 4 members (excludes halogenated alkanes) is 2. The highest BCUT2D eigenvalue weighted by Crippen LogP contribution is 2.42. The smallest absolute Gasteiger partial charge is 0.335 e. The number of benzene rings is 3. The maximum Gasteiger partial charge on any atom is 0.335 e. The molecule has 1 aliphatic rings. The molecule has 0 aliphatic carbocycles. The van der Waals surface area contributed by atoms with Crippen LogP contribution in [-0.4, -0.2) is 70.5 Å². The van der Waals surface area contributed by atoms with Gasteiger partial charge in [-0.05, 0) is 91.3 Å². The maximum atomic E-state index is 13.2. The van der Waals surface area contributed by atoms with Crippen molar-refractivity contribution in [3.8, 4) is 17.0 Å². The molecule has 3 aromatic carbocycles. The lowest BCUT2D eigenvalue weighted by atomic mass is 9.87. The van der Waals surface area contributed by atoms with Crippen LogP contribution in [0.2, 0.25) is 0 Å². The summed E-state index contributed by atoms with van der Waals surface area (Å²) in [7, 11) is 3.48. The van der Waals surface area contributed by atoms with E-state index >= 15 is 0 Å². The Kier molecular flexibility index (Phi) is 13.5. The number of ether oxygens (including phenoxy) is 1. The van der Waals surface area contributed by atoms with Gasteiger partial charge in [-0.25, -0.2) is 4.79 Å². The fourth-order valence-electron chi connectivity index (χ4n) is 6.79. The molecule has 2 heterocycles. The van der Waals surface area contributed by atoms with Crippen molar-refractivity contribution in [3.63, 3.8) is 0 Å². The second-order valence-corrected chi connectivity index (χ2v) is 12.8. The molecule has 262 valence electrons. The highest BCUT2D eigenvalue weighted by molar-refractivity contribution is 5.99. The van der Waals surface area contributed by atoms with E-state index in [2.05, 4.69) is 13.8 Å². The largest absolute Gasteiger partial charge is 0.491 e. The number of carboxylic acids is 1. The monoisotopic (exact) mass is 667 g/mol. The van der Waals surface area contributed by atoms with E-state index in [1.165, 1.54) is 0 Å². The number of carboxylic acid groups (broad SMARTS) is 1. The Hall–Kier alpha value is -4.59. The molecular formula is C41H53N3O5. The second kappa shape index (κ2) is 17.7. The predicted octanol–water partition coefficient (Wildman–Crippen LogP) is 8.88. The number of aromatic carboxylic acids is 1. The van der Waals surface area contributed by atoms with Crippen molar-refractivity contribution in [1.29, 1.82) is 0 Å². The van der Waals surface area contributed by atoms with Crippen LogP contribution in [0.15, 0.2) is 72.8 Å². The van der Waals surface area contributed by atoms with E-state index in [4.69, 9.17) is 4.74 Å². The average molecular weight is 668 g/mol. The van der Waals surface area contributed by atoms with Crippen LogP contribution >= 0.6 is 0 Å². The SMILES string of the molecule is CC.CCCCCC(CC)c1c(-c2ccc(OCC3CCCN3C(=O)c3ccccc3)cc2)n(CC(=O)N(C)C)c2cc(C(=O)O)ccc12. The van der Waals surface area contributed by atoms with Gasteiger partial charge in [0, 0.05) is 31.6 Å². The highest BCUT2D eigenvalue weighted by atomic mass is 16.5. The lowest BCUT2D eigenvalue weighted by Gasteiger charge is -2.25. The molecule has 5 rings (SSSR count). The zero-order valence-corrected chi connectivity index (χ0v) is 30.1. The average Bonchev–Trinajstić information content (AvgIpc) is 3.72. The number of rotatable bonds is 14. The minimum atomic E-state index is -0.996. The third-order valence-corrected chi connectivity index (χ3v) is 9.43. The Morgan fingerprint density at radius 3 is 2.29 bits per heavy atom. The van der Waals surface area contributed by atoms with Crippen molar-refractivity contribution in [2.24, 2.45) is 0 Å². The summed E-state index contributed by atoms with van der Waals surface area (Å²) < 4.78 is 8.27. The second-order valence-electron chi connectivity index (χ2n) is 12.8. The molecule has 0 saturated carbocycles. The van der Waals surface area contributed by atoms with Gasteiger partial charge >= 0.3 is 5.97 Å². The summed E-state index contributed by atoms with van der Waals surface area (Å²) in [6.07, 6.45) is 7.17. The molecule has 1 saturated heterocycles. The standard InChI is InChI=1S/C39H47N3O5.C2H6/c1-5-7-9-13-27(6-2)36-33-22-19-30(39(45)46)24-34(33)42(25-35(43)40(3)4)37(36)28-17-20-32(21-18-28)47-26-31-16-12-23-41(31)38(44)29-14-10-8-11-15-29;1-2/h8,10-11,14-15,17-22,24,27,31H,5-7,9,12-13,16,23,25-26H2,1-4H3,(H,45,46);1-2H3. The molecule has 49 heavy (non-hydrogen) atoms. The molecule has 1 aliphatic heterocycles. The van der Waals surface area contributed by atoms with Crippen LogP contribution in [-0.2, 0) is 11.3 Å². The first-order chi connectivity index (χ1) is 23.7. The number of hydrogen-bond donors (Lipinski definition) is 1. The quantitative estimate of drug-likeness (QED) is 0.136. The van der Waals surface area contributed by atoms with E-state index < -0.39 is 5.97 Å². The molecule has 0 bridgehead atoms. The molecule has 2 amide bonds. The first-order valence-electron chi connectivity index (χ1n) is 17.9. The molecule has 2 unspecified atom stereocenters. The molecule has 8 nitrogen and oxygen atoms in total. The number of likely N-dealkylation sites (N-methyl/N-ethyl adjacent to an activating group) is 1. The van der Waals surface area contributed by atoms with Gasteiger partial charge < -0.3 is 24.2 Å². The number of nitrogens with zero attached hydrogens (tertiary/aromatic N) is 3. The Morgan fingerprint density at radius 1 is 0.939 bits per heavy atom. The fraction of sp³-hybridized carbons (Fsp3) is 0.439. The zero-order valence-electron chi connectivity index (χ0n) is 30.1. The van der Waals surface area contributed by atoms with Gasteiger partial charge in [0.25, 0.3) is 5.91 Å². The number of aromatic nitrogens is 1. The maximum absolute atomic E-state index is 13.2. The lowest BCUT2D eigenvalue weighted by Crippen LogP contribution is -2.39. The molecule has 1 N–H and O–H groups in total. The summed E-state index contributed by atoms with van der Waals surface area (Å²) in [5.74, 6) is -0.0680. The molecule has 0 spiro atoms. The third kappa shape index (κ3) is 8.72. The molecule has 0 radical (unpaired) electrons. The summed E-state index contributed by atoms with van der Waals surface area (Å²) in [4.78, 5) is 41.9. The number of likely N-dealkylation sites (tertiary alicyclic amines) is 1. The van der Waals surface area contributed by atoms with E-state index in [0.717, 1.165) is 79.2 Å². The fourth-order valence-corrected chi connectivity index (χ4v) is 6.79. The van der Waals surface area contributed by atoms with Gasteiger partial charge in [-0.2, -0.15) is 0 Å². The highest BCUT2D eigenvalue weighted by Gasteiger charge is 2.30. The molecule has 1 aromatic heterocycles. The number of carbonyl (C=O) groups excluding carboxylic acids is 2. The molecule has 1 fully saturated rings. The van der Waals surface area contributed by atoms with Gasteiger partial charge in [0.15, 0.2) is 0 Å². The lowest BCUT2D eigenvalue weighted by molar-refractivity contribution is -0.129. The molecular weight excluding hydrogens is 614 g/mol. The Morgan fingerprint density at radius 2 is 1.65 bits per heavy atom. The van der Waals surface area contributed by atoms with E-state index in [1.54, 1.807) is 31.1 Å². The number of carbonyl (C=O) groups is 3. The Bertz CT molecular complexity index is 1690. The van der Waals surface area contributed by atoms with Gasteiger partial charge in [0.2, 0.25) is 5.91 Å². The first-order valence-corrected chi connectivity index (χ1v) is 17.9. The summed E-state index contributed by atoms with van der Waals surface area (Å²) in [5, 5.41) is 10.8.